The first-order valence-corrected chi connectivity index (χ1v) is 6.99. The molecule has 0 saturated carbocycles. The zero-order valence-corrected chi connectivity index (χ0v) is 12.3. The fourth-order valence-electron chi connectivity index (χ4n) is 2.01. The van der Waals surface area contributed by atoms with Crippen molar-refractivity contribution in [2.45, 2.75) is 27.2 Å². The molecule has 0 spiro atoms. The fraction of sp³-hybridized carbons (Fsp3) is 0.467. The molecule has 0 aliphatic rings. The molecule has 1 aromatic heterocycles. The highest BCUT2D eigenvalue weighted by Crippen LogP contribution is 2.24. The molecule has 20 heavy (non-hydrogen) atoms. The molecule has 0 fully saturated rings. The number of phenols is 1. The third-order valence-corrected chi connectivity index (χ3v) is 3.47. The Labute approximate surface area is 119 Å². The van der Waals surface area contributed by atoms with Crippen LogP contribution < -0.4 is 0 Å². The van der Waals surface area contributed by atoms with Crippen molar-refractivity contribution in [3.05, 3.63) is 29.6 Å². The number of likely N-dealkylation sites (N-methyl/N-ethyl adjacent to an activating group) is 1. The van der Waals surface area contributed by atoms with Gasteiger partial charge in [-0.15, -0.1) is 0 Å². The predicted molar refractivity (Wildman–Crippen MR) is 77.6 cm³/mol. The highest BCUT2D eigenvalue weighted by atomic mass is 16.5. The second-order valence-corrected chi connectivity index (χ2v) is 4.79. The van der Waals surface area contributed by atoms with Gasteiger partial charge < -0.3 is 14.5 Å². The molecule has 2 aromatic rings. The smallest absolute Gasteiger partial charge is 0.258 e. The molecule has 1 heterocycles. The molecule has 5 heteroatoms. The minimum Gasteiger partial charge on any atom is -0.508 e. The SMILES string of the molecule is CCN(CC)CCc1noc(-c2ccc(C)c(O)c2)n1. The van der Waals surface area contributed by atoms with Crippen molar-refractivity contribution in [1.82, 2.24) is 15.0 Å². The minimum absolute atomic E-state index is 0.241. The van der Waals surface area contributed by atoms with Crippen LogP contribution in [0.4, 0.5) is 0 Å². The third kappa shape index (κ3) is 3.36. The van der Waals surface area contributed by atoms with Crippen LogP contribution in [0.1, 0.15) is 25.2 Å². The Kier molecular flexibility index (Phi) is 4.74. The topological polar surface area (TPSA) is 62.4 Å². The number of hydrogen-bond acceptors (Lipinski definition) is 5. The average molecular weight is 275 g/mol. The lowest BCUT2D eigenvalue weighted by atomic mass is 10.1. The van der Waals surface area contributed by atoms with E-state index in [1.54, 1.807) is 6.07 Å². The first kappa shape index (κ1) is 14.5. The van der Waals surface area contributed by atoms with Gasteiger partial charge in [0.15, 0.2) is 5.82 Å². The van der Waals surface area contributed by atoms with E-state index in [0.29, 0.717) is 11.7 Å². The number of benzene rings is 1. The number of rotatable bonds is 6. The lowest BCUT2D eigenvalue weighted by Gasteiger charge is -2.16. The van der Waals surface area contributed by atoms with E-state index < -0.39 is 0 Å². The standard InChI is InChI=1S/C15H21N3O2/c1-4-18(5-2)9-8-14-16-15(20-17-14)12-7-6-11(3)13(19)10-12/h6-7,10,19H,4-5,8-9H2,1-3H3. The normalized spacial score (nSPS) is 11.2. The molecule has 1 N–H and O–H groups in total. The molecule has 0 bridgehead atoms. The van der Waals surface area contributed by atoms with Gasteiger partial charge >= 0.3 is 0 Å². The van der Waals surface area contributed by atoms with Crippen molar-refractivity contribution in [3.63, 3.8) is 0 Å². The molecule has 0 aliphatic carbocycles. The zero-order chi connectivity index (χ0) is 14.5. The Bertz CT molecular complexity index is 562. The van der Waals surface area contributed by atoms with Crippen LogP contribution in [-0.2, 0) is 6.42 Å². The second-order valence-electron chi connectivity index (χ2n) is 4.79. The van der Waals surface area contributed by atoms with Gasteiger partial charge in [0.05, 0.1) is 0 Å². The van der Waals surface area contributed by atoms with Crippen LogP contribution in [-0.4, -0.2) is 39.8 Å². The molecule has 0 saturated heterocycles. The maximum absolute atomic E-state index is 9.71. The van der Waals surface area contributed by atoms with Crippen LogP contribution in [0.25, 0.3) is 11.5 Å². The van der Waals surface area contributed by atoms with Gasteiger partial charge in [-0.25, -0.2) is 0 Å². The lowest BCUT2D eigenvalue weighted by Crippen LogP contribution is -2.25. The number of aromatic hydroxyl groups is 1. The van der Waals surface area contributed by atoms with Crippen LogP contribution in [0.5, 0.6) is 5.75 Å². The van der Waals surface area contributed by atoms with Gasteiger partial charge in [0.25, 0.3) is 5.89 Å². The van der Waals surface area contributed by atoms with Gasteiger partial charge in [0.2, 0.25) is 0 Å². The second kappa shape index (κ2) is 6.52. The highest BCUT2D eigenvalue weighted by Gasteiger charge is 2.11. The summed E-state index contributed by atoms with van der Waals surface area (Å²) in [5, 5.41) is 13.7. The van der Waals surface area contributed by atoms with Crippen LogP contribution in [0.3, 0.4) is 0 Å². The quantitative estimate of drug-likeness (QED) is 0.878. The molecule has 2 rings (SSSR count). The summed E-state index contributed by atoms with van der Waals surface area (Å²) in [6.45, 7) is 9.09. The number of nitrogens with zero attached hydrogens (tertiary/aromatic N) is 3. The van der Waals surface area contributed by atoms with Crippen LogP contribution >= 0.6 is 0 Å². The maximum Gasteiger partial charge on any atom is 0.258 e. The van der Waals surface area contributed by atoms with E-state index >= 15 is 0 Å². The van der Waals surface area contributed by atoms with Crippen molar-refractivity contribution in [1.29, 1.82) is 0 Å². The van der Waals surface area contributed by atoms with E-state index in [9.17, 15) is 5.11 Å². The summed E-state index contributed by atoms with van der Waals surface area (Å²) in [5.74, 6) is 1.40. The summed E-state index contributed by atoms with van der Waals surface area (Å²) >= 11 is 0. The highest BCUT2D eigenvalue weighted by molar-refractivity contribution is 5.57. The fourth-order valence-corrected chi connectivity index (χ4v) is 2.01. The zero-order valence-electron chi connectivity index (χ0n) is 12.3. The molecular weight excluding hydrogens is 254 g/mol. The summed E-state index contributed by atoms with van der Waals surface area (Å²) in [4.78, 5) is 6.69. The van der Waals surface area contributed by atoms with Gasteiger partial charge in [0, 0.05) is 18.5 Å². The van der Waals surface area contributed by atoms with Crippen LogP contribution in [0.15, 0.2) is 22.7 Å². The van der Waals surface area contributed by atoms with Crippen LogP contribution in [0.2, 0.25) is 0 Å². The molecule has 0 aliphatic heterocycles. The maximum atomic E-state index is 9.71. The van der Waals surface area contributed by atoms with E-state index in [1.165, 1.54) is 0 Å². The first-order chi connectivity index (χ1) is 9.63. The molecule has 0 atom stereocenters. The Balaban J connectivity index is 2.06. The van der Waals surface area contributed by atoms with Crippen molar-refractivity contribution < 1.29 is 9.63 Å². The van der Waals surface area contributed by atoms with Gasteiger partial charge in [-0.1, -0.05) is 25.1 Å². The Morgan fingerprint density at radius 3 is 2.65 bits per heavy atom. The van der Waals surface area contributed by atoms with Crippen molar-refractivity contribution in [2.24, 2.45) is 0 Å². The monoisotopic (exact) mass is 275 g/mol. The summed E-state index contributed by atoms with van der Waals surface area (Å²) in [7, 11) is 0. The number of aromatic nitrogens is 2. The summed E-state index contributed by atoms with van der Waals surface area (Å²) < 4.78 is 5.25. The van der Waals surface area contributed by atoms with Crippen molar-refractivity contribution in [3.8, 4) is 17.2 Å². The summed E-state index contributed by atoms with van der Waals surface area (Å²) in [6, 6.07) is 5.36. The predicted octanol–water partition coefficient (Wildman–Crippen LogP) is 2.63. The molecule has 108 valence electrons. The molecule has 1 aromatic carbocycles. The Hall–Kier alpha value is -1.88. The molecule has 5 nitrogen and oxygen atoms in total. The van der Waals surface area contributed by atoms with E-state index in [-0.39, 0.29) is 5.75 Å². The first-order valence-electron chi connectivity index (χ1n) is 6.99. The van der Waals surface area contributed by atoms with Gasteiger partial charge in [-0.3, -0.25) is 0 Å². The van der Waals surface area contributed by atoms with E-state index in [4.69, 9.17) is 4.52 Å². The number of phenolic OH excluding ortho intramolecular Hbond substituents is 1. The van der Waals surface area contributed by atoms with Crippen LogP contribution in [0, 0.1) is 6.92 Å². The summed E-state index contributed by atoms with van der Waals surface area (Å²) in [5.41, 5.74) is 1.57. The summed E-state index contributed by atoms with van der Waals surface area (Å²) in [6.07, 6.45) is 0.767. The minimum atomic E-state index is 0.241. The van der Waals surface area contributed by atoms with Crippen molar-refractivity contribution >= 4 is 0 Å². The Morgan fingerprint density at radius 1 is 1.25 bits per heavy atom. The average Bonchev–Trinajstić information content (AvgIpc) is 2.92. The number of hydrogen-bond donors (Lipinski definition) is 1. The third-order valence-electron chi connectivity index (χ3n) is 3.47. The largest absolute Gasteiger partial charge is 0.508 e. The Morgan fingerprint density at radius 2 is 2.00 bits per heavy atom. The number of aryl methyl sites for hydroxylation is 1. The van der Waals surface area contributed by atoms with Gasteiger partial charge in [-0.05, 0) is 37.7 Å². The van der Waals surface area contributed by atoms with Gasteiger partial charge in [-0.2, -0.15) is 4.98 Å². The van der Waals surface area contributed by atoms with Gasteiger partial charge in [0.1, 0.15) is 5.75 Å². The van der Waals surface area contributed by atoms with E-state index in [0.717, 1.165) is 37.2 Å². The lowest BCUT2D eigenvalue weighted by molar-refractivity contribution is 0.303. The van der Waals surface area contributed by atoms with Crippen molar-refractivity contribution in [2.75, 3.05) is 19.6 Å². The molecule has 0 amide bonds. The molecular formula is C15H21N3O2. The molecule has 0 unspecified atom stereocenters. The molecule has 0 radical (unpaired) electrons. The van der Waals surface area contributed by atoms with E-state index in [1.807, 2.05) is 19.1 Å². The van der Waals surface area contributed by atoms with E-state index in [2.05, 4.69) is 28.9 Å².